The molecule has 0 atom stereocenters. The molecule has 0 fully saturated rings. The van der Waals surface area contributed by atoms with Gasteiger partial charge < -0.3 is 0 Å². The van der Waals surface area contributed by atoms with Crippen LogP contribution in [-0.2, 0) is 0 Å². The van der Waals surface area contributed by atoms with Gasteiger partial charge >= 0.3 is 5.76 Å². The van der Waals surface area contributed by atoms with E-state index in [0.29, 0.717) is 0 Å². The summed E-state index contributed by atoms with van der Waals surface area (Å²) in [6.45, 7) is 0. The molecule has 1 aromatic heterocycles. The van der Waals surface area contributed by atoms with E-state index < -0.39 is 11.6 Å². The Morgan fingerprint density at radius 3 is 2.86 bits per heavy atom. The lowest BCUT2D eigenvalue weighted by Gasteiger charge is -1.97. The van der Waals surface area contributed by atoms with Gasteiger partial charge in [-0.3, -0.25) is 9.51 Å². The van der Waals surface area contributed by atoms with Crippen LogP contribution in [0.5, 0.6) is 0 Å². The highest BCUT2D eigenvalue weighted by Gasteiger charge is 2.09. The zero-order valence-electron chi connectivity index (χ0n) is 6.75. The predicted octanol–water partition coefficient (Wildman–Crippen LogP) is 1.77. The SMILES string of the molecule is O=c1[nH]c(-c2ccc(I)cc2F)no1. The molecule has 72 valence electrons. The number of benzene rings is 1. The van der Waals surface area contributed by atoms with Crippen LogP contribution in [0.15, 0.2) is 27.5 Å². The summed E-state index contributed by atoms with van der Waals surface area (Å²) in [5, 5.41) is 3.39. The fourth-order valence-corrected chi connectivity index (χ4v) is 1.48. The Labute approximate surface area is 91.3 Å². The Morgan fingerprint density at radius 1 is 1.50 bits per heavy atom. The van der Waals surface area contributed by atoms with Crippen LogP contribution in [0.25, 0.3) is 11.4 Å². The monoisotopic (exact) mass is 306 g/mol. The maximum atomic E-state index is 13.3. The number of hydrogen-bond donors (Lipinski definition) is 1. The van der Waals surface area contributed by atoms with Gasteiger partial charge in [-0.15, -0.1) is 0 Å². The van der Waals surface area contributed by atoms with Crippen molar-refractivity contribution in [3.63, 3.8) is 0 Å². The second-order valence-corrected chi connectivity index (χ2v) is 3.81. The molecule has 0 unspecified atom stereocenters. The van der Waals surface area contributed by atoms with Crippen molar-refractivity contribution in [2.24, 2.45) is 0 Å². The van der Waals surface area contributed by atoms with Crippen LogP contribution in [0, 0.1) is 9.39 Å². The van der Waals surface area contributed by atoms with Crippen molar-refractivity contribution in [3.8, 4) is 11.4 Å². The second kappa shape index (κ2) is 3.52. The second-order valence-electron chi connectivity index (χ2n) is 2.57. The summed E-state index contributed by atoms with van der Waals surface area (Å²) in [5.74, 6) is -1.04. The minimum Gasteiger partial charge on any atom is -0.296 e. The van der Waals surface area contributed by atoms with Crippen LogP contribution >= 0.6 is 22.6 Å². The van der Waals surface area contributed by atoms with Crippen molar-refractivity contribution in [2.75, 3.05) is 0 Å². The third kappa shape index (κ3) is 1.69. The molecule has 0 saturated heterocycles. The van der Waals surface area contributed by atoms with Crippen molar-refractivity contribution >= 4 is 22.6 Å². The Bertz CT molecular complexity index is 520. The Hall–Kier alpha value is -1.18. The number of aromatic nitrogens is 2. The molecule has 2 aromatic rings. The minimum absolute atomic E-state index is 0.101. The standard InChI is InChI=1S/C8H4FIN2O2/c9-6-3-4(10)1-2-5(6)7-11-8(13)14-12-7/h1-3H,(H,11,12,13). The van der Waals surface area contributed by atoms with E-state index in [4.69, 9.17) is 0 Å². The maximum Gasteiger partial charge on any atom is 0.439 e. The number of rotatable bonds is 1. The maximum absolute atomic E-state index is 13.3. The lowest BCUT2D eigenvalue weighted by molar-refractivity contribution is 0.387. The van der Waals surface area contributed by atoms with E-state index in [1.54, 1.807) is 6.07 Å². The molecule has 0 radical (unpaired) electrons. The fraction of sp³-hybridized carbons (Fsp3) is 0. The minimum atomic E-state index is -0.696. The average Bonchev–Trinajstić information content (AvgIpc) is 2.51. The number of aromatic amines is 1. The van der Waals surface area contributed by atoms with Crippen molar-refractivity contribution < 1.29 is 8.91 Å². The lowest BCUT2D eigenvalue weighted by Crippen LogP contribution is -1.95. The van der Waals surface area contributed by atoms with Crippen LogP contribution in [-0.4, -0.2) is 10.1 Å². The first-order valence-corrected chi connectivity index (χ1v) is 4.76. The van der Waals surface area contributed by atoms with Gasteiger partial charge in [0.1, 0.15) is 5.82 Å². The molecule has 2 rings (SSSR count). The molecule has 4 nitrogen and oxygen atoms in total. The summed E-state index contributed by atoms with van der Waals surface area (Å²) in [6.07, 6.45) is 0. The zero-order chi connectivity index (χ0) is 10.1. The third-order valence-corrected chi connectivity index (χ3v) is 2.30. The molecule has 6 heteroatoms. The summed E-state index contributed by atoms with van der Waals surface area (Å²) in [4.78, 5) is 12.9. The number of hydrogen-bond acceptors (Lipinski definition) is 3. The summed E-state index contributed by atoms with van der Waals surface area (Å²) < 4.78 is 18.4. The van der Waals surface area contributed by atoms with Crippen molar-refractivity contribution in [1.29, 1.82) is 0 Å². The van der Waals surface area contributed by atoms with E-state index >= 15 is 0 Å². The molecule has 0 aliphatic rings. The topological polar surface area (TPSA) is 58.9 Å². The highest BCUT2D eigenvalue weighted by atomic mass is 127. The molecule has 0 amide bonds. The van der Waals surface area contributed by atoms with Crippen LogP contribution in [0.2, 0.25) is 0 Å². The summed E-state index contributed by atoms with van der Waals surface area (Å²) in [5.41, 5.74) is 0.219. The van der Waals surface area contributed by atoms with Gasteiger partial charge in [-0.1, -0.05) is 5.16 Å². The van der Waals surface area contributed by atoms with E-state index in [1.165, 1.54) is 12.1 Å². The molecular formula is C8H4FIN2O2. The number of halogens is 2. The average molecular weight is 306 g/mol. The summed E-state index contributed by atoms with van der Waals surface area (Å²) in [7, 11) is 0. The molecule has 1 heterocycles. The van der Waals surface area contributed by atoms with Gasteiger partial charge in [0.15, 0.2) is 5.82 Å². The first kappa shape index (κ1) is 9.38. The van der Waals surface area contributed by atoms with Crippen molar-refractivity contribution in [3.05, 3.63) is 38.1 Å². The summed E-state index contributed by atoms with van der Waals surface area (Å²) in [6, 6.07) is 4.60. The smallest absolute Gasteiger partial charge is 0.296 e. The van der Waals surface area contributed by atoms with Gasteiger partial charge in [-0.05, 0) is 40.8 Å². The van der Waals surface area contributed by atoms with Crippen LogP contribution < -0.4 is 5.76 Å². The van der Waals surface area contributed by atoms with Crippen LogP contribution in [0.3, 0.4) is 0 Å². The summed E-state index contributed by atoms with van der Waals surface area (Å²) >= 11 is 1.99. The zero-order valence-corrected chi connectivity index (χ0v) is 8.91. The Balaban J connectivity index is 2.57. The molecule has 0 bridgehead atoms. The molecule has 1 N–H and O–H groups in total. The number of nitrogens with zero attached hydrogens (tertiary/aromatic N) is 1. The molecule has 1 aromatic carbocycles. The van der Waals surface area contributed by atoms with Crippen molar-refractivity contribution in [2.45, 2.75) is 0 Å². The van der Waals surface area contributed by atoms with Gasteiger partial charge in [-0.2, -0.15) is 0 Å². The van der Waals surface area contributed by atoms with E-state index in [0.717, 1.165) is 3.57 Å². The number of H-pyrrole nitrogens is 1. The van der Waals surface area contributed by atoms with Crippen LogP contribution in [0.4, 0.5) is 4.39 Å². The van der Waals surface area contributed by atoms with E-state index in [2.05, 4.69) is 14.7 Å². The van der Waals surface area contributed by atoms with Gasteiger partial charge in [0.25, 0.3) is 0 Å². The van der Waals surface area contributed by atoms with Crippen molar-refractivity contribution in [1.82, 2.24) is 10.1 Å². The number of nitrogens with one attached hydrogen (secondary N) is 1. The van der Waals surface area contributed by atoms with Gasteiger partial charge in [0.05, 0.1) is 5.56 Å². The largest absolute Gasteiger partial charge is 0.439 e. The predicted molar refractivity (Wildman–Crippen MR) is 55.2 cm³/mol. The first-order chi connectivity index (χ1) is 6.66. The van der Waals surface area contributed by atoms with Gasteiger partial charge in [0, 0.05) is 3.57 Å². The molecule has 0 aliphatic carbocycles. The van der Waals surface area contributed by atoms with Crippen LogP contribution in [0.1, 0.15) is 0 Å². The highest BCUT2D eigenvalue weighted by Crippen LogP contribution is 2.19. The molecule has 0 aliphatic heterocycles. The quantitative estimate of drug-likeness (QED) is 0.817. The molecule has 0 saturated carbocycles. The molecule has 0 spiro atoms. The highest BCUT2D eigenvalue weighted by molar-refractivity contribution is 14.1. The van der Waals surface area contributed by atoms with E-state index in [9.17, 15) is 9.18 Å². The first-order valence-electron chi connectivity index (χ1n) is 3.68. The molecule has 14 heavy (non-hydrogen) atoms. The Kier molecular flexibility index (Phi) is 2.36. The third-order valence-electron chi connectivity index (χ3n) is 1.63. The lowest BCUT2D eigenvalue weighted by atomic mass is 10.2. The molecular weight excluding hydrogens is 302 g/mol. The Morgan fingerprint density at radius 2 is 2.29 bits per heavy atom. The van der Waals surface area contributed by atoms with E-state index in [-0.39, 0.29) is 11.4 Å². The van der Waals surface area contributed by atoms with E-state index in [1.807, 2.05) is 22.6 Å². The van der Waals surface area contributed by atoms with Gasteiger partial charge in [0.2, 0.25) is 0 Å². The fourth-order valence-electron chi connectivity index (χ4n) is 1.03. The normalized spacial score (nSPS) is 10.4. The van der Waals surface area contributed by atoms with Gasteiger partial charge in [-0.25, -0.2) is 9.18 Å².